The zero-order valence-electron chi connectivity index (χ0n) is 11.5. The zero-order chi connectivity index (χ0) is 15.9. The Labute approximate surface area is 143 Å². The third-order valence-corrected chi connectivity index (χ3v) is 3.66. The van der Waals surface area contributed by atoms with Gasteiger partial charge in [-0.1, -0.05) is 0 Å². The summed E-state index contributed by atoms with van der Waals surface area (Å²) in [5.74, 6) is 1.32. The van der Waals surface area contributed by atoms with Gasteiger partial charge >= 0.3 is 0 Å². The van der Waals surface area contributed by atoms with Crippen molar-refractivity contribution in [2.24, 2.45) is 5.10 Å². The van der Waals surface area contributed by atoms with Gasteiger partial charge in [-0.05, 0) is 56.1 Å². The minimum atomic E-state index is -0.391. The van der Waals surface area contributed by atoms with Crippen LogP contribution in [0.3, 0.4) is 0 Å². The van der Waals surface area contributed by atoms with Crippen LogP contribution in [0.1, 0.15) is 5.76 Å². The van der Waals surface area contributed by atoms with Gasteiger partial charge in [-0.3, -0.25) is 4.79 Å². The van der Waals surface area contributed by atoms with E-state index in [0.717, 1.165) is 0 Å². The molecule has 0 atom stereocenters. The van der Waals surface area contributed by atoms with E-state index in [1.165, 1.54) is 12.5 Å². The van der Waals surface area contributed by atoms with Gasteiger partial charge in [0.05, 0.1) is 28.5 Å². The molecule has 0 aliphatic carbocycles. The average Bonchev–Trinajstić information content (AvgIpc) is 2.99. The van der Waals surface area contributed by atoms with E-state index in [0.29, 0.717) is 26.2 Å². The van der Waals surface area contributed by atoms with Gasteiger partial charge < -0.3 is 13.9 Å². The average molecular weight is 432 g/mol. The molecule has 1 amide bonds. The second-order valence-electron chi connectivity index (χ2n) is 4.02. The molecular weight excluding hydrogens is 420 g/mol. The van der Waals surface area contributed by atoms with Crippen molar-refractivity contribution in [3.63, 3.8) is 0 Å². The molecular formula is C14H12Br2N2O4. The number of ether oxygens (including phenoxy) is 2. The van der Waals surface area contributed by atoms with Crippen molar-refractivity contribution >= 4 is 44.0 Å². The Morgan fingerprint density at radius 1 is 1.41 bits per heavy atom. The van der Waals surface area contributed by atoms with Crippen LogP contribution in [0.5, 0.6) is 11.5 Å². The summed E-state index contributed by atoms with van der Waals surface area (Å²) in [6.45, 7) is -0.182. The lowest BCUT2D eigenvalue weighted by Crippen LogP contribution is -2.24. The summed E-state index contributed by atoms with van der Waals surface area (Å²) in [6, 6.07) is 6.93. The van der Waals surface area contributed by atoms with Crippen LogP contribution < -0.4 is 14.9 Å². The molecule has 0 saturated carbocycles. The molecule has 22 heavy (non-hydrogen) atoms. The Bertz CT molecular complexity index is 648. The highest BCUT2D eigenvalue weighted by Crippen LogP contribution is 2.37. The maximum Gasteiger partial charge on any atom is 0.277 e. The first-order valence-corrected chi connectivity index (χ1v) is 7.70. The molecule has 0 bridgehead atoms. The Morgan fingerprint density at radius 2 is 2.14 bits per heavy atom. The van der Waals surface area contributed by atoms with Gasteiger partial charge in [-0.25, -0.2) is 5.43 Å². The van der Waals surface area contributed by atoms with Crippen LogP contribution in [-0.4, -0.2) is 25.8 Å². The first kappa shape index (κ1) is 16.6. The monoisotopic (exact) mass is 430 g/mol. The van der Waals surface area contributed by atoms with Crippen molar-refractivity contribution in [1.82, 2.24) is 5.43 Å². The van der Waals surface area contributed by atoms with Crippen LogP contribution in [0.15, 0.2) is 49.0 Å². The second-order valence-corrected chi connectivity index (χ2v) is 5.73. The highest BCUT2D eigenvalue weighted by molar-refractivity contribution is 9.11. The predicted molar refractivity (Wildman–Crippen MR) is 88.3 cm³/mol. The Hall–Kier alpha value is -1.80. The normalized spacial score (nSPS) is 10.7. The maximum atomic E-state index is 11.7. The van der Waals surface area contributed by atoms with E-state index in [1.807, 2.05) is 0 Å². The largest absolute Gasteiger partial charge is 0.497 e. The number of furan rings is 1. The number of methoxy groups -OCH3 is 1. The summed E-state index contributed by atoms with van der Waals surface area (Å²) in [5.41, 5.74) is 2.34. The zero-order valence-corrected chi connectivity index (χ0v) is 14.7. The summed E-state index contributed by atoms with van der Waals surface area (Å²) in [5, 5.41) is 3.76. The summed E-state index contributed by atoms with van der Waals surface area (Å²) in [4.78, 5) is 11.7. The van der Waals surface area contributed by atoms with Crippen LogP contribution in [0.25, 0.3) is 0 Å². The third kappa shape index (κ3) is 4.60. The van der Waals surface area contributed by atoms with E-state index < -0.39 is 5.91 Å². The van der Waals surface area contributed by atoms with Crippen LogP contribution in [0.4, 0.5) is 0 Å². The molecule has 0 aliphatic heterocycles. The second kappa shape index (κ2) is 8.00. The number of benzene rings is 1. The molecule has 0 spiro atoms. The van der Waals surface area contributed by atoms with Gasteiger partial charge in [-0.2, -0.15) is 5.10 Å². The SMILES string of the molecule is COc1cc(Br)c(OCC(=O)NN=Cc2ccco2)c(Br)c1. The number of nitrogens with one attached hydrogen (secondary N) is 1. The maximum absolute atomic E-state index is 11.7. The lowest BCUT2D eigenvalue weighted by molar-refractivity contribution is -0.123. The molecule has 0 aliphatic rings. The lowest BCUT2D eigenvalue weighted by atomic mass is 10.3. The molecule has 0 unspecified atom stereocenters. The third-order valence-electron chi connectivity index (χ3n) is 2.48. The van der Waals surface area contributed by atoms with Crippen LogP contribution in [-0.2, 0) is 4.79 Å². The number of carbonyl (C=O) groups excluding carboxylic acids is 1. The highest BCUT2D eigenvalue weighted by atomic mass is 79.9. The van der Waals surface area contributed by atoms with Crippen molar-refractivity contribution in [3.05, 3.63) is 45.2 Å². The number of nitrogens with zero attached hydrogens (tertiary/aromatic N) is 1. The standard InChI is InChI=1S/C14H12Br2N2O4/c1-20-10-5-11(15)14(12(16)6-10)22-8-13(19)18-17-7-9-3-2-4-21-9/h2-7H,8H2,1H3,(H,18,19). The van der Waals surface area contributed by atoms with Crippen LogP contribution >= 0.6 is 31.9 Å². The summed E-state index contributed by atoms with van der Waals surface area (Å²) < 4.78 is 17.0. The van der Waals surface area contributed by atoms with Crippen molar-refractivity contribution in [1.29, 1.82) is 0 Å². The van der Waals surface area contributed by atoms with E-state index in [1.54, 1.807) is 31.4 Å². The van der Waals surface area contributed by atoms with Gasteiger partial charge in [0.2, 0.25) is 0 Å². The summed E-state index contributed by atoms with van der Waals surface area (Å²) >= 11 is 6.72. The molecule has 0 radical (unpaired) electrons. The molecule has 0 saturated heterocycles. The number of carbonyl (C=O) groups is 1. The Balaban J connectivity index is 1.88. The molecule has 1 N–H and O–H groups in total. The molecule has 0 fully saturated rings. The molecule has 2 rings (SSSR count). The molecule has 116 valence electrons. The van der Waals surface area contributed by atoms with Gasteiger partial charge in [0, 0.05) is 0 Å². The molecule has 1 aromatic carbocycles. The van der Waals surface area contributed by atoms with Crippen molar-refractivity contribution < 1.29 is 18.7 Å². The fraction of sp³-hybridized carbons (Fsp3) is 0.143. The Kier molecular flexibility index (Phi) is 6.02. The molecule has 1 heterocycles. The van der Waals surface area contributed by atoms with Gasteiger partial charge in [0.25, 0.3) is 5.91 Å². The number of hydrogen-bond donors (Lipinski definition) is 1. The number of hydrogen-bond acceptors (Lipinski definition) is 5. The topological polar surface area (TPSA) is 73.1 Å². The first-order valence-electron chi connectivity index (χ1n) is 6.11. The number of rotatable bonds is 6. The molecule has 8 heteroatoms. The Morgan fingerprint density at radius 3 is 2.73 bits per heavy atom. The lowest BCUT2D eigenvalue weighted by Gasteiger charge is -2.11. The molecule has 2 aromatic rings. The van der Waals surface area contributed by atoms with Gasteiger partial charge in [0.15, 0.2) is 6.61 Å². The van der Waals surface area contributed by atoms with Crippen molar-refractivity contribution in [2.75, 3.05) is 13.7 Å². The predicted octanol–water partition coefficient (Wildman–Crippen LogP) is 3.34. The van der Waals surface area contributed by atoms with Crippen molar-refractivity contribution in [2.45, 2.75) is 0 Å². The molecule has 1 aromatic heterocycles. The van der Waals surface area contributed by atoms with E-state index >= 15 is 0 Å². The van der Waals surface area contributed by atoms with E-state index in [-0.39, 0.29) is 6.61 Å². The smallest absolute Gasteiger partial charge is 0.277 e. The minimum absolute atomic E-state index is 0.182. The minimum Gasteiger partial charge on any atom is -0.497 e. The van der Waals surface area contributed by atoms with E-state index in [9.17, 15) is 4.79 Å². The van der Waals surface area contributed by atoms with Gasteiger partial charge in [-0.15, -0.1) is 0 Å². The highest BCUT2D eigenvalue weighted by Gasteiger charge is 2.11. The van der Waals surface area contributed by atoms with Gasteiger partial charge in [0.1, 0.15) is 17.3 Å². The van der Waals surface area contributed by atoms with Crippen molar-refractivity contribution in [3.8, 4) is 11.5 Å². The summed E-state index contributed by atoms with van der Waals surface area (Å²) in [7, 11) is 1.57. The number of halogens is 2. The van der Waals surface area contributed by atoms with Crippen LogP contribution in [0, 0.1) is 0 Å². The van der Waals surface area contributed by atoms with E-state index in [4.69, 9.17) is 13.9 Å². The number of amides is 1. The quantitative estimate of drug-likeness (QED) is 0.562. The fourth-order valence-electron chi connectivity index (χ4n) is 1.49. The van der Waals surface area contributed by atoms with Crippen LogP contribution in [0.2, 0.25) is 0 Å². The first-order chi connectivity index (χ1) is 10.6. The fourth-order valence-corrected chi connectivity index (χ4v) is 2.87. The van der Waals surface area contributed by atoms with E-state index in [2.05, 4.69) is 42.4 Å². The number of hydrazone groups is 1. The summed E-state index contributed by atoms with van der Waals surface area (Å²) in [6.07, 6.45) is 2.92. The molecule has 6 nitrogen and oxygen atoms in total.